The SMILES string of the molecule is CC(=O)SCC1CC(=O)N(c2c(Cl)ncc(Br)c2C)C1. The van der Waals surface area contributed by atoms with E-state index in [2.05, 4.69) is 20.9 Å². The van der Waals surface area contributed by atoms with Crippen LogP contribution in [0.25, 0.3) is 0 Å². The zero-order valence-electron chi connectivity index (χ0n) is 11.2. The molecule has 1 fully saturated rings. The van der Waals surface area contributed by atoms with Gasteiger partial charge >= 0.3 is 0 Å². The van der Waals surface area contributed by atoms with Crippen molar-refractivity contribution in [3.63, 3.8) is 0 Å². The van der Waals surface area contributed by atoms with Gasteiger partial charge in [0.2, 0.25) is 5.91 Å². The lowest BCUT2D eigenvalue weighted by molar-refractivity contribution is -0.117. The molecule has 1 aromatic rings. The normalized spacial score (nSPS) is 18.7. The molecule has 1 aliphatic heterocycles. The van der Waals surface area contributed by atoms with E-state index in [-0.39, 0.29) is 16.9 Å². The molecule has 2 rings (SSSR count). The van der Waals surface area contributed by atoms with Crippen LogP contribution in [0.2, 0.25) is 5.15 Å². The van der Waals surface area contributed by atoms with Crippen molar-refractivity contribution in [1.29, 1.82) is 0 Å². The molecule has 2 heterocycles. The second-order valence-corrected chi connectivity index (χ2v) is 7.16. The fourth-order valence-corrected chi connectivity index (χ4v) is 3.47. The maximum atomic E-state index is 12.2. The van der Waals surface area contributed by atoms with Crippen molar-refractivity contribution in [3.05, 3.63) is 21.4 Å². The van der Waals surface area contributed by atoms with Gasteiger partial charge in [0.1, 0.15) is 0 Å². The first-order valence-electron chi connectivity index (χ1n) is 6.14. The van der Waals surface area contributed by atoms with Crippen molar-refractivity contribution in [1.82, 2.24) is 4.98 Å². The van der Waals surface area contributed by atoms with Crippen LogP contribution in [0.3, 0.4) is 0 Å². The van der Waals surface area contributed by atoms with Gasteiger partial charge in [0.15, 0.2) is 10.3 Å². The number of nitrogens with zero attached hydrogens (tertiary/aromatic N) is 2. The van der Waals surface area contributed by atoms with E-state index in [9.17, 15) is 9.59 Å². The number of anilines is 1. The summed E-state index contributed by atoms with van der Waals surface area (Å²) in [5.41, 5.74) is 1.57. The highest BCUT2D eigenvalue weighted by molar-refractivity contribution is 9.10. The molecule has 20 heavy (non-hydrogen) atoms. The van der Waals surface area contributed by atoms with E-state index in [0.717, 1.165) is 10.0 Å². The van der Waals surface area contributed by atoms with Gasteiger partial charge in [0, 0.05) is 36.3 Å². The minimum atomic E-state index is 0.0315. The molecule has 1 aromatic heterocycles. The van der Waals surface area contributed by atoms with Crippen LogP contribution in [0.1, 0.15) is 18.9 Å². The Morgan fingerprint density at radius 2 is 2.35 bits per heavy atom. The second-order valence-electron chi connectivity index (χ2n) is 4.75. The van der Waals surface area contributed by atoms with Gasteiger partial charge in [0.05, 0.1) is 5.69 Å². The van der Waals surface area contributed by atoms with E-state index < -0.39 is 0 Å². The number of pyridine rings is 1. The van der Waals surface area contributed by atoms with Crippen molar-refractivity contribution >= 4 is 56.0 Å². The molecule has 1 saturated heterocycles. The smallest absolute Gasteiger partial charge is 0.227 e. The van der Waals surface area contributed by atoms with Crippen molar-refractivity contribution in [2.24, 2.45) is 5.92 Å². The first-order valence-corrected chi connectivity index (χ1v) is 8.30. The zero-order valence-corrected chi connectivity index (χ0v) is 14.3. The summed E-state index contributed by atoms with van der Waals surface area (Å²) in [6, 6.07) is 0. The molecule has 0 spiro atoms. The van der Waals surface area contributed by atoms with Crippen LogP contribution in [0.5, 0.6) is 0 Å². The molecule has 1 aliphatic rings. The molecular formula is C13H14BrClN2O2S. The Morgan fingerprint density at radius 1 is 1.65 bits per heavy atom. The summed E-state index contributed by atoms with van der Waals surface area (Å²) in [6.07, 6.45) is 2.08. The van der Waals surface area contributed by atoms with Crippen molar-refractivity contribution in [2.75, 3.05) is 17.2 Å². The summed E-state index contributed by atoms with van der Waals surface area (Å²) >= 11 is 10.8. The average Bonchev–Trinajstić information content (AvgIpc) is 2.74. The Kier molecular flexibility index (Phi) is 5.09. The molecular weight excluding hydrogens is 364 g/mol. The van der Waals surface area contributed by atoms with E-state index in [1.165, 1.54) is 11.8 Å². The number of hydrogen-bond acceptors (Lipinski definition) is 4. The molecule has 1 atom stereocenters. The highest BCUT2D eigenvalue weighted by atomic mass is 79.9. The molecule has 0 radical (unpaired) electrons. The van der Waals surface area contributed by atoms with Gasteiger partial charge in [-0.2, -0.15) is 0 Å². The lowest BCUT2D eigenvalue weighted by Gasteiger charge is -2.20. The molecule has 7 heteroatoms. The second kappa shape index (κ2) is 6.45. The number of halogens is 2. The van der Waals surface area contributed by atoms with Crippen LogP contribution >= 0.6 is 39.3 Å². The average molecular weight is 378 g/mol. The number of carbonyl (C=O) groups excluding carboxylic acids is 2. The van der Waals surface area contributed by atoms with Crippen LogP contribution in [0.4, 0.5) is 5.69 Å². The van der Waals surface area contributed by atoms with Crippen LogP contribution in [-0.2, 0) is 9.59 Å². The van der Waals surface area contributed by atoms with Crippen LogP contribution < -0.4 is 4.90 Å². The van der Waals surface area contributed by atoms with Gasteiger partial charge in [-0.1, -0.05) is 23.4 Å². The van der Waals surface area contributed by atoms with E-state index in [4.69, 9.17) is 11.6 Å². The number of carbonyl (C=O) groups is 2. The zero-order chi connectivity index (χ0) is 14.9. The predicted octanol–water partition coefficient (Wildman–Crippen LogP) is 3.44. The van der Waals surface area contributed by atoms with Crippen molar-refractivity contribution < 1.29 is 9.59 Å². The van der Waals surface area contributed by atoms with Gasteiger partial charge < -0.3 is 4.90 Å². The number of rotatable bonds is 3. The molecule has 0 N–H and O–H groups in total. The molecule has 0 aromatic carbocycles. The highest BCUT2D eigenvalue weighted by Crippen LogP contribution is 2.36. The fraction of sp³-hybridized carbons (Fsp3) is 0.462. The molecule has 0 saturated carbocycles. The van der Waals surface area contributed by atoms with Crippen LogP contribution in [0, 0.1) is 12.8 Å². The minimum absolute atomic E-state index is 0.0315. The third-order valence-corrected chi connectivity index (χ3v) is 5.32. The third-order valence-electron chi connectivity index (χ3n) is 3.20. The van der Waals surface area contributed by atoms with E-state index in [1.807, 2.05) is 6.92 Å². The van der Waals surface area contributed by atoms with Gasteiger partial charge in [-0.25, -0.2) is 4.98 Å². The largest absolute Gasteiger partial charge is 0.309 e. The first kappa shape index (κ1) is 15.8. The van der Waals surface area contributed by atoms with Crippen molar-refractivity contribution in [3.8, 4) is 0 Å². The standard InChI is InChI=1S/C13H14BrClN2O2S/c1-7-10(14)4-16-13(15)12(7)17-5-9(3-11(17)19)6-20-8(2)18/h4,9H,3,5-6H2,1-2H3. The molecule has 4 nitrogen and oxygen atoms in total. The Hall–Kier alpha value is -0.590. The van der Waals surface area contributed by atoms with Gasteiger partial charge in [-0.05, 0) is 34.3 Å². The molecule has 1 unspecified atom stereocenters. The Labute approximate surface area is 135 Å². The Morgan fingerprint density at radius 3 is 3.00 bits per heavy atom. The van der Waals surface area contributed by atoms with Gasteiger partial charge in [0.25, 0.3) is 0 Å². The lowest BCUT2D eigenvalue weighted by Crippen LogP contribution is -2.26. The number of hydrogen-bond donors (Lipinski definition) is 0. The minimum Gasteiger partial charge on any atom is -0.309 e. The van der Waals surface area contributed by atoms with Crippen molar-refractivity contribution in [2.45, 2.75) is 20.3 Å². The molecule has 108 valence electrons. The summed E-state index contributed by atoms with van der Waals surface area (Å²) in [4.78, 5) is 29.0. The van der Waals surface area contributed by atoms with E-state index in [1.54, 1.807) is 18.0 Å². The third kappa shape index (κ3) is 3.35. The maximum absolute atomic E-state index is 12.2. The monoisotopic (exact) mass is 376 g/mol. The molecule has 0 bridgehead atoms. The van der Waals surface area contributed by atoms with E-state index >= 15 is 0 Å². The van der Waals surface area contributed by atoms with Gasteiger partial charge in [-0.15, -0.1) is 0 Å². The van der Waals surface area contributed by atoms with Gasteiger partial charge in [-0.3, -0.25) is 9.59 Å². The Bertz CT molecular complexity index is 568. The molecule has 0 aliphatic carbocycles. The summed E-state index contributed by atoms with van der Waals surface area (Å²) in [5.74, 6) is 0.866. The predicted molar refractivity (Wildman–Crippen MR) is 85.3 cm³/mol. The first-order chi connectivity index (χ1) is 9.40. The summed E-state index contributed by atoms with van der Waals surface area (Å²) in [6.45, 7) is 4.02. The van der Waals surface area contributed by atoms with Crippen LogP contribution in [0.15, 0.2) is 10.7 Å². The maximum Gasteiger partial charge on any atom is 0.227 e. The van der Waals surface area contributed by atoms with E-state index in [0.29, 0.717) is 29.6 Å². The summed E-state index contributed by atoms with van der Waals surface area (Å²) in [7, 11) is 0. The topological polar surface area (TPSA) is 50.3 Å². The summed E-state index contributed by atoms with van der Waals surface area (Å²) in [5, 5.41) is 0.410. The highest BCUT2D eigenvalue weighted by Gasteiger charge is 2.33. The lowest BCUT2D eigenvalue weighted by atomic mass is 10.1. The fourth-order valence-electron chi connectivity index (χ4n) is 2.20. The number of thioether (sulfide) groups is 1. The number of aromatic nitrogens is 1. The Balaban J connectivity index is 2.20. The quantitative estimate of drug-likeness (QED) is 0.757. The van der Waals surface area contributed by atoms with Crippen LogP contribution in [-0.4, -0.2) is 28.3 Å². The molecule has 1 amide bonds. The summed E-state index contributed by atoms with van der Waals surface area (Å²) < 4.78 is 0.825. The number of amides is 1.